The third kappa shape index (κ3) is 5.92. The molecule has 1 rings (SSSR count). The average molecular weight is 350 g/mol. The molecular formula is C14H24ClN3O3S. The van der Waals surface area contributed by atoms with E-state index in [-0.39, 0.29) is 48.1 Å². The molecule has 8 heteroatoms. The molecule has 1 amide bonds. The molecule has 0 aliphatic heterocycles. The van der Waals surface area contributed by atoms with Gasteiger partial charge in [0.25, 0.3) is 0 Å². The van der Waals surface area contributed by atoms with Gasteiger partial charge in [0.1, 0.15) is 0 Å². The van der Waals surface area contributed by atoms with Crippen molar-refractivity contribution in [3.05, 3.63) is 24.3 Å². The molecule has 0 heterocycles. The molecule has 0 aliphatic rings. The molecule has 4 N–H and O–H groups in total. The van der Waals surface area contributed by atoms with Crippen LogP contribution in [0.15, 0.2) is 29.2 Å². The summed E-state index contributed by atoms with van der Waals surface area (Å²) in [4.78, 5) is 12.1. The zero-order chi connectivity index (χ0) is 16.0. The second kappa shape index (κ2) is 9.09. The number of carbonyl (C=O) groups is 1. The number of nitrogens with one attached hydrogen (secondary N) is 2. The van der Waals surface area contributed by atoms with Gasteiger partial charge in [-0.2, -0.15) is 0 Å². The van der Waals surface area contributed by atoms with E-state index in [4.69, 9.17) is 5.73 Å². The lowest BCUT2D eigenvalue weighted by Gasteiger charge is -2.15. The number of nitrogens with two attached hydrogens (primary N) is 1. The van der Waals surface area contributed by atoms with Crippen molar-refractivity contribution in [3.63, 3.8) is 0 Å². The maximum Gasteiger partial charge on any atom is 0.240 e. The molecule has 1 aromatic carbocycles. The van der Waals surface area contributed by atoms with Crippen LogP contribution < -0.4 is 15.8 Å². The summed E-state index contributed by atoms with van der Waals surface area (Å²) in [5, 5.41) is 2.74. The number of carbonyl (C=O) groups excluding carboxylic acids is 1. The van der Waals surface area contributed by atoms with Gasteiger partial charge in [-0.3, -0.25) is 4.79 Å². The van der Waals surface area contributed by atoms with Crippen molar-refractivity contribution < 1.29 is 13.2 Å². The Bertz CT molecular complexity index is 591. The number of benzene rings is 1. The predicted molar refractivity (Wildman–Crippen MR) is 90.6 cm³/mol. The second-order valence-electron chi connectivity index (χ2n) is 5.24. The minimum Gasteiger partial charge on any atom is -0.329 e. The zero-order valence-electron chi connectivity index (χ0n) is 13.0. The van der Waals surface area contributed by atoms with Crippen LogP contribution in [0, 0.1) is 11.8 Å². The number of amides is 1. The standard InChI is InChI=1S/C14H23N3O3S.ClH/c1-10(2)11(3)14(18)17-12-5-4-6-13(9-12)21(19,20)16-8-7-15;/h4-6,9-11,16H,7-8,15H2,1-3H3,(H,17,18);1H. The first kappa shape index (κ1) is 20.9. The minimum atomic E-state index is -3.60. The maximum absolute atomic E-state index is 12.0. The fraction of sp³-hybridized carbons (Fsp3) is 0.500. The number of sulfonamides is 1. The Morgan fingerprint density at radius 3 is 2.45 bits per heavy atom. The molecule has 0 saturated carbocycles. The van der Waals surface area contributed by atoms with Crippen LogP contribution in [-0.4, -0.2) is 27.4 Å². The first-order valence-electron chi connectivity index (χ1n) is 6.88. The Hall–Kier alpha value is -1.15. The lowest BCUT2D eigenvalue weighted by molar-refractivity contribution is -0.120. The van der Waals surface area contributed by atoms with Gasteiger partial charge in [0.15, 0.2) is 0 Å². The topological polar surface area (TPSA) is 101 Å². The molecule has 22 heavy (non-hydrogen) atoms. The fourth-order valence-corrected chi connectivity index (χ4v) is 2.67. The molecule has 1 aromatic rings. The molecule has 1 unspecified atom stereocenters. The lowest BCUT2D eigenvalue weighted by Crippen LogP contribution is -2.29. The van der Waals surface area contributed by atoms with Crippen LogP contribution in [-0.2, 0) is 14.8 Å². The summed E-state index contributed by atoms with van der Waals surface area (Å²) in [6.07, 6.45) is 0. The van der Waals surface area contributed by atoms with Crippen molar-refractivity contribution >= 4 is 34.0 Å². The largest absolute Gasteiger partial charge is 0.329 e. The highest BCUT2D eigenvalue weighted by Crippen LogP contribution is 2.18. The fourth-order valence-electron chi connectivity index (χ4n) is 1.58. The summed E-state index contributed by atoms with van der Waals surface area (Å²) < 4.78 is 26.4. The van der Waals surface area contributed by atoms with Crippen molar-refractivity contribution in [2.75, 3.05) is 18.4 Å². The van der Waals surface area contributed by atoms with E-state index in [1.165, 1.54) is 12.1 Å². The maximum atomic E-state index is 12.0. The van der Waals surface area contributed by atoms with Crippen molar-refractivity contribution in [1.82, 2.24) is 4.72 Å². The first-order chi connectivity index (χ1) is 9.77. The van der Waals surface area contributed by atoms with Crippen molar-refractivity contribution in [1.29, 1.82) is 0 Å². The molecule has 0 spiro atoms. The van der Waals surface area contributed by atoms with Crippen LogP contribution in [0.1, 0.15) is 20.8 Å². The lowest BCUT2D eigenvalue weighted by atomic mass is 9.97. The third-order valence-corrected chi connectivity index (χ3v) is 4.72. The van der Waals surface area contributed by atoms with Crippen LogP contribution in [0.5, 0.6) is 0 Å². The van der Waals surface area contributed by atoms with E-state index in [0.717, 1.165) is 0 Å². The summed E-state index contributed by atoms with van der Waals surface area (Å²) in [6.45, 7) is 6.15. The number of hydrogen-bond donors (Lipinski definition) is 3. The minimum absolute atomic E-state index is 0. The zero-order valence-corrected chi connectivity index (χ0v) is 14.6. The number of anilines is 1. The van der Waals surface area contributed by atoms with Gasteiger partial charge in [0.2, 0.25) is 15.9 Å². The monoisotopic (exact) mass is 349 g/mol. The molecule has 0 bridgehead atoms. The Morgan fingerprint density at radius 1 is 1.27 bits per heavy atom. The van der Waals surface area contributed by atoms with Gasteiger partial charge in [-0.1, -0.05) is 26.8 Å². The molecular weight excluding hydrogens is 326 g/mol. The van der Waals surface area contributed by atoms with Crippen LogP contribution in [0.4, 0.5) is 5.69 Å². The van der Waals surface area contributed by atoms with Gasteiger partial charge in [0.05, 0.1) is 4.90 Å². The number of rotatable bonds is 7. The number of halogens is 1. The smallest absolute Gasteiger partial charge is 0.240 e. The van der Waals surface area contributed by atoms with Crippen molar-refractivity contribution in [2.45, 2.75) is 25.7 Å². The molecule has 1 atom stereocenters. The van der Waals surface area contributed by atoms with Crippen molar-refractivity contribution in [3.8, 4) is 0 Å². The van der Waals surface area contributed by atoms with E-state index in [0.29, 0.717) is 5.69 Å². The molecule has 6 nitrogen and oxygen atoms in total. The highest BCUT2D eigenvalue weighted by Gasteiger charge is 2.18. The predicted octanol–water partition coefficient (Wildman–Crippen LogP) is 1.58. The third-order valence-electron chi connectivity index (χ3n) is 3.26. The van der Waals surface area contributed by atoms with E-state index < -0.39 is 10.0 Å². The molecule has 0 aliphatic carbocycles. The van der Waals surface area contributed by atoms with Crippen LogP contribution >= 0.6 is 12.4 Å². The molecule has 0 radical (unpaired) electrons. The second-order valence-corrected chi connectivity index (χ2v) is 7.00. The Morgan fingerprint density at radius 2 is 1.91 bits per heavy atom. The van der Waals surface area contributed by atoms with Crippen LogP contribution in [0.2, 0.25) is 0 Å². The highest BCUT2D eigenvalue weighted by molar-refractivity contribution is 7.89. The Labute approximate surface area is 138 Å². The number of hydrogen-bond acceptors (Lipinski definition) is 4. The molecule has 0 fully saturated rings. The van der Waals surface area contributed by atoms with E-state index >= 15 is 0 Å². The van der Waals surface area contributed by atoms with E-state index in [2.05, 4.69) is 10.0 Å². The highest BCUT2D eigenvalue weighted by atomic mass is 35.5. The average Bonchev–Trinajstić information content (AvgIpc) is 2.44. The van der Waals surface area contributed by atoms with Crippen LogP contribution in [0.3, 0.4) is 0 Å². The normalized spacial score (nSPS) is 12.6. The molecule has 0 aromatic heterocycles. The molecule has 0 saturated heterocycles. The Balaban J connectivity index is 0.00000441. The van der Waals surface area contributed by atoms with Crippen LogP contribution in [0.25, 0.3) is 0 Å². The summed E-state index contributed by atoms with van der Waals surface area (Å²) in [5.41, 5.74) is 5.75. The summed E-state index contributed by atoms with van der Waals surface area (Å²) in [6, 6.07) is 6.16. The van der Waals surface area contributed by atoms with E-state index in [9.17, 15) is 13.2 Å². The molecule has 126 valence electrons. The van der Waals surface area contributed by atoms with Gasteiger partial charge in [-0.05, 0) is 24.1 Å². The van der Waals surface area contributed by atoms with Gasteiger partial charge in [-0.15, -0.1) is 12.4 Å². The summed E-state index contributed by atoms with van der Waals surface area (Å²) >= 11 is 0. The summed E-state index contributed by atoms with van der Waals surface area (Å²) in [5.74, 6) is -0.0711. The SMILES string of the molecule is CC(C)C(C)C(=O)Nc1cccc(S(=O)(=O)NCCN)c1.Cl. The summed E-state index contributed by atoms with van der Waals surface area (Å²) in [7, 11) is -3.60. The van der Waals surface area contributed by atoms with Crippen molar-refractivity contribution in [2.24, 2.45) is 17.6 Å². The van der Waals surface area contributed by atoms with E-state index in [1.54, 1.807) is 12.1 Å². The van der Waals surface area contributed by atoms with Gasteiger partial charge < -0.3 is 11.1 Å². The quantitative estimate of drug-likeness (QED) is 0.695. The van der Waals surface area contributed by atoms with E-state index in [1.807, 2.05) is 20.8 Å². The Kier molecular flexibility index (Phi) is 8.62. The van der Waals surface area contributed by atoms with Gasteiger partial charge in [-0.25, -0.2) is 13.1 Å². The van der Waals surface area contributed by atoms with Gasteiger partial charge in [0, 0.05) is 24.7 Å². The van der Waals surface area contributed by atoms with Gasteiger partial charge >= 0.3 is 0 Å². The first-order valence-corrected chi connectivity index (χ1v) is 8.37.